The summed E-state index contributed by atoms with van der Waals surface area (Å²) in [7, 11) is 4.19. The van der Waals surface area contributed by atoms with Gasteiger partial charge in [-0.05, 0) is 70.1 Å². The van der Waals surface area contributed by atoms with Gasteiger partial charge in [0.2, 0.25) is 0 Å². The maximum Gasteiger partial charge on any atom is 0.336 e. The van der Waals surface area contributed by atoms with Crippen LogP contribution >= 0.6 is 0 Å². The molecule has 1 aromatic carbocycles. The summed E-state index contributed by atoms with van der Waals surface area (Å²) in [4.78, 5) is 31.6. The number of carboxylic acids is 2. The lowest BCUT2D eigenvalue weighted by Crippen LogP contribution is -2.62. The van der Waals surface area contributed by atoms with Crippen molar-refractivity contribution in [2.24, 2.45) is 22.7 Å². The van der Waals surface area contributed by atoms with Gasteiger partial charge in [-0.3, -0.25) is 0 Å². The van der Waals surface area contributed by atoms with Gasteiger partial charge in [0.1, 0.15) is 35.9 Å². The third-order valence-electron chi connectivity index (χ3n) is 15.5. The van der Waals surface area contributed by atoms with Crippen LogP contribution in [0, 0.1) is 22.7 Å². The normalized spacial score (nSPS) is 44.9. The summed E-state index contributed by atoms with van der Waals surface area (Å²) in [6.07, 6.45) is 10.5. The lowest BCUT2D eigenvalue weighted by atomic mass is 9.50. The van der Waals surface area contributed by atoms with E-state index in [9.17, 15) is 40.2 Å². The third-order valence-corrected chi connectivity index (χ3v) is 15.5. The van der Waals surface area contributed by atoms with E-state index in [1.807, 2.05) is 18.2 Å². The number of carboxylic acid groups (broad SMARTS) is 2. The molecule has 12 nitrogen and oxygen atoms in total. The highest BCUT2D eigenvalue weighted by Crippen LogP contribution is 2.69. The van der Waals surface area contributed by atoms with Crippen molar-refractivity contribution in [3.63, 3.8) is 0 Å². The van der Waals surface area contributed by atoms with E-state index in [0.29, 0.717) is 25.7 Å². The Kier molecular flexibility index (Phi) is 6.43. The first-order valence-electron chi connectivity index (χ1n) is 19.2. The molecule has 0 aromatic heterocycles. The lowest BCUT2D eigenvalue weighted by molar-refractivity contribution is -0.104. The fourth-order valence-electron chi connectivity index (χ4n) is 13.2. The minimum atomic E-state index is -2.26. The van der Waals surface area contributed by atoms with Crippen LogP contribution in [0.2, 0.25) is 0 Å². The van der Waals surface area contributed by atoms with E-state index in [1.54, 1.807) is 12.2 Å². The molecule has 2 saturated heterocycles. The number of aromatic carboxylic acids is 2. The Morgan fingerprint density at radius 1 is 0.722 bits per heavy atom. The standard InChI is InChI=1S/C42H44N2O10/c1-43-15-13-39-22-5-7-27(45)33(39)53-35-30(39)19(17-25(22)43)9-11-41(35,51)24-4-3-21(37(47)48)32(29(24)38(49)50)42(52)12-10-20-18-26-23-6-8-28(46)34-40(23,14-16-44(26)2)31(20)36(42)54-34/h3-10,22-23,25-28,33-34,45-46,51-52H,11-18H2,1-2H3,(H,47,48)(H,49,50)/t22-,23-,25+,26+,27-,28-,33-,34-,39-,40-,41?,42?/m0/s1. The molecule has 4 heterocycles. The highest BCUT2D eigenvalue weighted by molar-refractivity contribution is 5.99. The first-order chi connectivity index (χ1) is 25.8. The molecule has 2 spiro atoms. The molecule has 4 fully saturated rings. The van der Waals surface area contributed by atoms with E-state index in [2.05, 4.69) is 30.0 Å². The topological polar surface area (TPSA) is 180 Å². The Hall–Kier alpha value is -4.04. The summed E-state index contributed by atoms with van der Waals surface area (Å²) in [6.45, 7) is 1.48. The molecule has 12 heteroatoms. The SMILES string of the molecule is CN1CC[C@]23C4=C5O[C@H]2[C@@H](O)C=C[C@H]3[C@H]1CC4=CCC5(O)c1ccc(C(=O)O)c(C2(O)CC=C3C[C@@H]4[C@@H]5C=C[C@H](O)[C@@H]6OC2=C3[C@]56CCN4C)c1C(=O)O. The molecule has 2 saturated carbocycles. The van der Waals surface area contributed by atoms with Gasteiger partial charge in [-0.2, -0.15) is 0 Å². The number of likely N-dealkylation sites (tertiary alicyclic amines) is 2. The number of benzene rings is 1. The summed E-state index contributed by atoms with van der Waals surface area (Å²) in [5.74, 6) is -2.70. The van der Waals surface area contributed by atoms with Gasteiger partial charge in [-0.15, -0.1) is 0 Å². The zero-order valence-corrected chi connectivity index (χ0v) is 30.1. The molecular formula is C42H44N2O10. The van der Waals surface area contributed by atoms with Crippen LogP contribution in [0.5, 0.6) is 0 Å². The molecule has 2 unspecified atom stereocenters. The first kappa shape index (κ1) is 33.3. The minimum Gasteiger partial charge on any atom is -0.487 e. The molecule has 4 bridgehead atoms. The fraction of sp³-hybridized carbons (Fsp3) is 0.524. The minimum absolute atomic E-state index is 0.00338. The van der Waals surface area contributed by atoms with Crippen LogP contribution in [0.1, 0.15) is 70.4 Å². The van der Waals surface area contributed by atoms with E-state index in [1.165, 1.54) is 12.1 Å². The van der Waals surface area contributed by atoms with Gasteiger partial charge in [-0.25, -0.2) is 9.59 Å². The summed E-state index contributed by atoms with van der Waals surface area (Å²) < 4.78 is 13.4. The van der Waals surface area contributed by atoms with Crippen LogP contribution in [0.3, 0.4) is 0 Å². The number of hydrogen-bond donors (Lipinski definition) is 6. The quantitative estimate of drug-likeness (QED) is 0.250. The molecule has 0 radical (unpaired) electrons. The first-order valence-corrected chi connectivity index (χ1v) is 19.2. The average molecular weight is 737 g/mol. The monoisotopic (exact) mass is 736 g/mol. The van der Waals surface area contributed by atoms with E-state index in [4.69, 9.17) is 9.47 Å². The van der Waals surface area contributed by atoms with Crippen LogP contribution in [0.25, 0.3) is 0 Å². The van der Waals surface area contributed by atoms with E-state index >= 15 is 0 Å². The molecule has 282 valence electrons. The Morgan fingerprint density at radius 3 is 1.72 bits per heavy atom. The number of piperidine rings is 2. The second-order valence-electron chi connectivity index (χ2n) is 17.5. The van der Waals surface area contributed by atoms with E-state index in [0.717, 1.165) is 35.4 Å². The summed E-state index contributed by atoms with van der Waals surface area (Å²) in [6, 6.07) is 2.91. The fourth-order valence-corrected chi connectivity index (χ4v) is 13.2. The molecule has 12 atom stereocenters. The summed E-state index contributed by atoms with van der Waals surface area (Å²) in [5, 5.41) is 70.9. The van der Waals surface area contributed by atoms with Crippen molar-refractivity contribution in [2.75, 3.05) is 27.2 Å². The highest BCUT2D eigenvalue weighted by atomic mass is 16.5. The molecule has 11 rings (SSSR count). The van der Waals surface area contributed by atoms with Crippen LogP contribution in [-0.2, 0) is 20.7 Å². The molecule has 0 amide bonds. The number of carbonyl (C=O) groups is 2. The van der Waals surface area contributed by atoms with Gasteiger partial charge in [-0.1, -0.05) is 42.5 Å². The highest BCUT2D eigenvalue weighted by Gasteiger charge is 2.70. The zero-order valence-electron chi connectivity index (χ0n) is 30.1. The van der Waals surface area contributed by atoms with Crippen molar-refractivity contribution >= 4 is 11.9 Å². The molecular weight excluding hydrogens is 692 g/mol. The van der Waals surface area contributed by atoms with Crippen LogP contribution in [0.15, 0.2) is 82.4 Å². The number of aliphatic hydroxyl groups is 4. The number of aliphatic hydroxyl groups excluding tert-OH is 2. The van der Waals surface area contributed by atoms with Gasteiger partial charge in [0.05, 0.1) is 11.1 Å². The van der Waals surface area contributed by atoms with Crippen molar-refractivity contribution in [2.45, 2.75) is 86.2 Å². The van der Waals surface area contributed by atoms with E-state index in [-0.39, 0.29) is 59.4 Å². The predicted molar refractivity (Wildman–Crippen MR) is 191 cm³/mol. The van der Waals surface area contributed by atoms with Gasteiger partial charge in [0, 0.05) is 69.9 Å². The summed E-state index contributed by atoms with van der Waals surface area (Å²) in [5.41, 5.74) is -3.53. The average Bonchev–Trinajstić information content (AvgIpc) is 3.70. The molecule has 6 N–H and O–H groups in total. The van der Waals surface area contributed by atoms with Crippen LogP contribution < -0.4 is 0 Å². The Bertz CT molecular complexity index is 2180. The second-order valence-corrected chi connectivity index (χ2v) is 17.5. The Morgan fingerprint density at radius 2 is 1.22 bits per heavy atom. The Labute approximate surface area is 311 Å². The van der Waals surface area contributed by atoms with Gasteiger partial charge < -0.3 is 49.9 Å². The number of ether oxygens (including phenoxy) is 2. The van der Waals surface area contributed by atoms with Crippen molar-refractivity contribution in [1.82, 2.24) is 9.80 Å². The molecule has 6 aliphatic carbocycles. The smallest absolute Gasteiger partial charge is 0.336 e. The number of nitrogens with zero attached hydrogens (tertiary/aromatic N) is 2. The molecule has 54 heavy (non-hydrogen) atoms. The zero-order chi connectivity index (χ0) is 37.4. The summed E-state index contributed by atoms with van der Waals surface area (Å²) >= 11 is 0. The molecule has 10 aliphatic rings. The molecule has 4 aliphatic heterocycles. The van der Waals surface area contributed by atoms with Crippen molar-refractivity contribution in [3.8, 4) is 0 Å². The second kappa shape index (κ2) is 10.4. The largest absolute Gasteiger partial charge is 0.487 e. The van der Waals surface area contributed by atoms with Crippen molar-refractivity contribution in [1.29, 1.82) is 0 Å². The number of hydrogen-bond acceptors (Lipinski definition) is 10. The number of rotatable bonds is 4. The van der Waals surface area contributed by atoms with Gasteiger partial charge >= 0.3 is 11.9 Å². The maximum atomic E-state index is 13.8. The van der Waals surface area contributed by atoms with E-state index < -0.39 is 69.5 Å². The van der Waals surface area contributed by atoms with Crippen molar-refractivity contribution < 1.29 is 49.7 Å². The van der Waals surface area contributed by atoms with Crippen molar-refractivity contribution in [3.05, 3.63) is 105 Å². The van der Waals surface area contributed by atoms with Crippen LogP contribution in [0.4, 0.5) is 0 Å². The Balaban J connectivity index is 1.13. The van der Waals surface area contributed by atoms with Gasteiger partial charge in [0.25, 0.3) is 0 Å². The third kappa shape index (κ3) is 3.62. The van der Waals surface area contributed by atoms with Crippen LogP contribution in [-0.4, -0.2) is 116 Å². The maximum absolute atomic E-state index is 13.8. The lowest BCUT2D eigenvalue weighted by Gasteiger charge is -2.58. The van der Waals surface area contributed by atoms with Gasteiger partial charge in [0.15, 0.2) is 11.2 Å². The molecule has 1 aromatic rings. The predicted octanol–water partition coefficient (Wildman–Crippen LogP) is 2.71.